The van der Waals surface area contributed by atoms with E-state index in [1.807, 2.05) is 0 Å². The Morgan fingerprint density at radius 1 is 1.45 bits per heavy atom. The lowest BCUT2D eigenvalue weighted by atomic mass is 10.2. The Kier molecular flexibility index (Phi) is 4.62. The fraction of sp³-hybridized carbons (Fsp3) is 0.462. The van der Waals surface area contributed by atoms with Gasteiger partial charge in [-0.2, -0.15) is 4.39 Å². The second-order valence-electron chi connectivity index (χ2n) is 4.50. The Balaban J connectivity index is 1.94. The average molecular weight is 281 g/mol. The van der Waals surface area contributed by atoms with Crippen molar-refractivity contribution >= 4 is 11.8 Å². The van der Waals surface area contributed by atoms with E-state index in [2.05, 4.69) is 10.3 Å². The minimum Gasteiger partial charge on any atom is -0.378 e. The molecule has 2 heterocycles. The van der Waals surface area contributed by atoms with Crippen LogP contribution in [0.3, 0.4) is 0 Å². The molecule has 6 nitrogen and oxygen atoms in total. The summed E-state index contributed by atoms with van der Waals surface area (Å²) in [6.45, 7) is 3.64. The molecule has 2 rings (SSSR count). The van der Waals surface area contributed by atoms with E-state index >= 15 is 0 Å². The first-order valence-corrected chi connectivity index (χ1v) is 6.37. The third-order valence-corrected chi connectivity index (χ3v) is 3.03. The highest BCUT2D eigenvalue weighted by Gasteiger charge is 2.24. The number of amides is 2. The number of aromatic nitrogens is 1. The van der Waals surface area contributed by atoms with E-state index in [9.17, 15) is 14.0 Å². The molecule has 1 N–H and O–H groups in total. The molecule has 1 aromatic heterocycles. The number of halogens is 1. The van der Waals surface area contributed by atoms with Crippen molar-refractivity contribution in [1.82, 2.24) is 15.2 Å². The van der Waals surface area contributed by atoms with Gasteiger partial charge in [-0.25, -0.2) is 4.98 Å². The van der Waals surface area contributed by atoms with E-state index in [1.165, 1.54) is 12.3 Å². The van der Waals surface area contributed by atoms with Crippen molar-refractivity contribution in [2.45, 2.75) is 13.0 Å². The third-order valence-electron chi connectivity index (χ3n) is 3.03. The van der Waals surface area contributed by atoms with E-state index in [-0.39, 0.29) is 11.5 Å². The van der Waals surface area contributed by atoms with Crippen molar-refractivity contribution in [2.75, 3.05) is 26.3 Å². The molecule has 1 saturated heterocycles. The lowest BCUT2D eigenvalue weighted by Crippen LogP contribution is -2.50. The van der Waals surface area contributed by atoms with Gasteiger partial charge in [0.05, 0.1) is 13.2 Å². The predicted octanol–water partition coefficient (Wildman–Crippen LogP) is 0.198. The van der Waals surface area contributed by atoms with E-state index in [0.29, 0.717) is 26.3 Å². The summed E-state index contributed by atoms with van der Waals surface area (Å²) in [5.41, 5.74) is 0.138. The first-order chi connectivity index (χ1) is 9.58. The molecule has 1 aromatic rings. The highest BCUT2D eigenvalue weighted by atomic mass is 19.1. The van der Waals surface area contributed by atoms with Crippen LogP contribution in [-0.4, -0.2) is 54.0 Å². The minimum absolute atomic E-state index is 0.138. The maximum absolute atomic E-state index is 12.9. The van der Waals surface area contributed by atoms with E-state index in [1.54, 1.807) is 11.8 Å². The zero-order chi connectivity index (χ0) is 14.5. The molecule has 108 valence electrons. The molecule has 7 heteroatoms. The standard InChI is InChI=1S/C13H16FN3O3/c1-9(13(19)17-4-6-20-7-5-17)16-12(18)10-2-3-15-11(14)8-10/h2-3,8-9H,4-7H2,1H3,(H,16,18). The molecule has 0 bridgehead atoms. The summed E-state index contributed by atoms with van der Waals surface area (Å²) in [5, 5.41) is 2.56. The maximum Gasteiger partial charge on any atom is 0.252 e. The number of carbonyl (C=O) groups is 2. The predicted molar refractivity (Wildman–Crippen MR) is 68.5 cm³/mol. The number of rotatable bonds is 3. The number of ether oxygens (including phenoxy) is 1. The molecule has 2 amide bonds. The molecule has 1 aliphatic heterocycles. The number of nitrogens with one attached hydrogen (secondary N) is 1. The Labute approximate surface area is 115 Å². The van der Waals surface area contributed by atoms with Gasteiger partial charge in [-0.3, -0.25) is 9.59 Å². The van der Waals surface area contributed by atoms with Crippen LogP contribution in [-0.2, 0) is 9.53 Å². The van der Waals surface area contributed by atoms with Crippen molar-refractivity contribution in [3.8, 4) is 0 Å². The van der Waals surface area contributed by atoms with Gasteiger partial charge in [0.15, 0.2) is 0 Å². The van der Waals surface area contributed by atoms with Crippen LogP contribution in [0.4, 0.5) is 4.39 Å². The van der Waals surface area contributed by atoms with Crippen LogP contribution in [0.2, 0.25) is 0 Å². The second kappa shape index (κ2) is 6.42. The van der Waals surface area contributed by atoms with Crippen LogP contribution in [0.25, 0.3) is 0 Å². The molecule has 0 saturated carbocycles. The fourth-order valence-corrected chi connectivity index (χ4v) is 1.94. The molecular formula is C13H16FN3O3. The maximum atomic E-state index is 12.9. The Morgan fingerprint density at radius 2 is 2.15 bits per heavy atom. The fourth-order valence-electron chi connectivity index (χ4n) is 1.94. The molecule has 1 fully saturated rings. The highest BCUT2D eigenvalue weighted by molar-refractivity contribution is 5.97. The summed E-state index contributed by atoms with van der Waals surface area (Å²) < 4.78 is 18.1. The van der Waals surface area contributed by atoms with Crippen LogP contribution in [0.5, 0.6) is 0 Å². The van der Waals surface area contributed by atoms with Gasteiger partial charge >= 0.3 is 0 Å². The van der Waals surface area contributed by atoms with Gasteiger partial charge in [0.2, 0.25) is 11.9 Å². The van der Waals surface area contributed by atoms with Crippen LogP contribution in [0.1, 0.15) is 17.3 Å². The Bertz CT molecular complexity index is 503. The molecule has 0 spiro atoms. The molecule has 1 unspecified atom stereocenters. The SMILES string of the molecule is CC(NC(=O)c1ccnc(F)c1)C(=O)N1CCOCC1. The molecule has 0 aliphatic carbocycles. The van der Waals surface area contributed by atoms with Crippen molar-refractivity contribution in [3.63, 3.8) is 0 Å². The first kappa shape index (κ1) is 14.4. The number of hydrogen-bond acceptors (Lipinski definition) is 4. The van der Waals surface area contributed by atoms with Gasteiger partial charge < -0.3 is 15.0 Å². The van der Waals surface area contributed by atoms with Crippen molar-refractivity contribution in [2.24, 2.45) is 0 Å². The summed E-state index contributed by atoms with van der Waals surface area (Å²) >= 11 is 0. The zero-order valence-corrected chi connectivity index (χ0v) is 11.1. The third kappa shape index (κ3) is 3.51. The smallest absolute Gasteiger partial charge is 0.252 e. The summed E-state index contributed by atoms with van der Waals surface area (Å²) in [4.78, 5) is 29.0. The summed E-state index contributed by atoms with van der Waals surface area (Å²) in [7, 11) is 0. The van der Waals surface area contributed by atoms with Gasteiger partial charge in [-0.15, -0.1) is 0 Å². The average Bonchev–Trinajstić information content (AvgIpc) is 2.47. The van der Waals surface area contributed by atoms with Crippen LogP contribution in [0, 0.1) is 5.95 Å². The zero-order valence-electron chi connectivity index (χ0n) is 11.1. The summed E-state index contributed by atoms with van der Waals surface area (Å²) in [5.74, 6) is -1.40. The quantitative estimate of drug-likeness (QED) is 0.803. The van der Waals surface area contributed by atoms with Crippen LogP contribution < -0.4 is 5.32 Å². The summed E-state index contributed by atoms with van der Waals surface area (Å²) in [6.07, 6.45) is 1.21. The first-order valence-electron chi connectivity index (χ1n) is 6.37. The van der Waals surface area contributed by atoms with E-state index in [0.717, 1.165) is 6.07 Å². The number of carbonyl (C=O) groups excluding carboxylic acids is 2. The normalized spacial score (nSPS) is 16.6. The number of hydrogen-bond donors (Lipinski definition) is 1. The number of nitrogens with zero attached hydrogens (tertiary/aromatic N) is 2. The van der Waals surface area contributed by atoms with Crippen LogP contribution in [0.15, 0.2) is 18.3 Å². The Hall–Kier alpha value is -2.02. The number of pyridine rings is 1. The van der Waals surface area contributed by atoms with E-state index < -0.39 is 17.9 Å². The van der Waals surface area contributed by atoms with Gasteiger partial charge in [0.25, 0.3) is 5.91 Å². The van der Waals surface area contributed by atoms with Crippen LogP contribution >= 0.6 is 0 Å². The second-order valence-corrected chi connectivity index (χ2v) is 4.50. The lowest BCUT2D eigenvalue weighted by Gasteiger charge is -2.29. The monoisotopic (exact) mass is 281 g/mol. The molecule has 0 radical (unpaired) electrons. The Morgan fingerprint density at radius 3 is 2.80 bits per heavy atom. The molecular weight excluding hydrogens is 265 g/mol. The van der Waals surface area contributed by atoms with Gasteiger partial charge in [-0.1, -0.05) is 0 Å². The topological polar surface area (TPSA) is 71.5 Å². The highest BCUT2D eigenvalue weighted by Crippen LogP contribution is 2.04. The van der Waals surface area contributed by atoms with Crippen molar-refractivity contribution < 1.29 is 18.7 Å². The van der Waals surface area contributed by atoms with Gasteiger partial charge in [0, 0.05) is 30.9 Å². The summed E-state index contributed by atoms with van der Waals surface area (Å²) in [6, 6.07) is 1.75. The van der Waals surface area contributed by atoms with Gasteiger partial charge in [0.1, 0.15) is 6.04 Å². The molecule has 0 aromatic carbocycles. The van der Waals surface area contributed by atoms with Crippen molar-refractivity contribution in [3.05, 3.63) is 29.8 Å². The molecule has 20 heavy (non-hydrogen) atoms. The van der Waals surface area contributed by atoms with E-state index in [4.69, 9.17) is 4.74 Å². The van der Waals surface area contributed by atoms with Gasteiger partial charge in [-0.05, 0) is 13.0 Å². The molecule has 1 aliphatic rings. The lowest BCUT2D eigenvalue weighted by molar-refractivity contribution is -0.136. The molecule has 1 atom stereocenters. The van der Waals surface area contributed by atoms with Crippen molar-refractivity contribution in [1.29, 1.82) is 0 Å². The minimum atomic E-state index is -0.732. The largest absolute Gasteiger partial charge is 0.378 e. The number of morpholine rings is 1.